The van der Waals surface area contributed by atoms with Crippen molar-refractivity contribution in [3.05, 3.63) is 35.9 Å². The van der Waals surface area contributed by atoms with E-state index in [2.05, 4.69) is 11.3 Å². The molecule has 0 fully saturated rings. The molecule has 1 aromatic carbocycles. The molecule has 1 rings (SSSR count). The van der Waals surface area contributed by atoms with Gasteiger partial charge in [0, 0.05) is 6.07 Å². The van der Waals surface area contributed by atoms with Crippen LogP contribution in [0.2, 0.25) is 0 Å². The smallest absolute Gasteiger partial charge is 0.338 e. The van der Waals surface area contributed by atoms with E-state index in [1.165, 1.54) is 14.2 Å². The van der Waals surface area contributed by atoms with E-state index < -0.39 is 5.97 Å². The Bertz CT molecular complexity index is 423. The van der Waals surface area contributed by atoms with Crippen LogP contribution >= 0.6 is 0 Å². The van der Waals surface area contributed by atoms with Crippen LogP contribution in [0.3, 0.4) is 0 Å². The third kappa shape index (κ3) is 3.83. The fourth-order valence-electron chi connectivity index (χ4n) is 1.22. The number of ether oxygens (including phenoxy) is 3. The van der Waals surface area contributed by atoms with E-state index in [-0.39, 0.29) is 0 Å². The molecule has 0 saturated carbocycles. The van der Waals surface area contributed by atoms with Crippen molar-refractivity contribution in [2.45, 2.75) is 6.92 Å². The van der Waals surface area contributed by atoms with E-state index in [9.17, 15) is 4.79 Å². The molecule has 1 aromatic rings. The van der Waals surface area contributed by atoms with Crippen molar-refractivity contribution >= 4 is 5.97 Å². The highest BCUT2D eigenvalue weighted by atomic mass is 16.5. The van der Waals surface area contributed by atoms with Gasteiger partial charge in [-0.1, -0.05) is 6.58 Å². The summed E-state index contributed by atoms with van der Waals surface area (Å²) >= 11 is 0. The van der Waals surface area contributed by atoms with Crippen molar-refractivity contribution in [3.8, 4) is 11.5 Å². The second-order valence-corrected chi connectivity index (χ2v) is 3.63. The summed E-state index contributed by atoms with van der Waals surface area (Å²) in [6, 6.07) is 4.91. The molecule has 0 aromatic heterocycles. The van der Waals surface area contributed by atoms with Crippen molar-refractivity contribution in [1.82, 2.24) is 0 Å². The van der Waals surface area contributed by atoms with Gasteiger partial charge in [-0.3, -0.25) is 0 Å². The molecule has 0 N–H and O–H groups in total. The van der Waals surface area contributed by atoms with Crippen LogP contribution < -0.4 is 9.47 Å². The van der Waals surface area contributed by atoms with Crippen LogP contribution in [0.4, 0.5) is 0 Å². The first-order chi connectivity index (χ1) is 8.06. The number of benzene rings is 1. The van der Waals surface area contributed by atoms with Gasteiger partial charge in [-0.15, -0.1) is 0 Å². The molecule has 0 aliphatic heterocycles. The second kappa shape index (κ2) is 5.94. The lowest BCUT2D eigenvalue weighted by Gasteiger charge is -2.09. The topological polar surface area (TPSA) is 44.8 Å². The molecule has 0 unspecified atom stereocenters. The number of hydrogen-bond acceptors (Lipinski definition) is 4. The molecule has 0 aliphatic carbocycles. The number of hydrogen-bond donors (Lipinski definition) is 0. The fourth-order valence-corrected chi connectivity index (χ4v) is 1.22. The van der Waals surface area contributed by atoms with Crippen LogP contribution in [0, 0.1) is 0 Å². The standard InChI is InChI=1S/C13H16O4/c1-9(2)8-17-12-6-10(13(14)16-4)5-11(7-12)15-3/h5-7H,1,8H2,2-4H3. The van der Waals surface area contributed by atoms with Gasteiger partial charge in [-0.25, -0.2) is 4.79 Å². The number of carbonyl (C=O) groups excluding carboxylic acids is 1. The highest BCUT2D eigenvalue weighted by Crippen LogP contribution is 2.23. The lowest BCUT2D eigenvalue weighted by molar-refractivity contribution is 0.0600. The quantitative estimate of drug-likeness (QED) is 0.582. The fraction of sp³-hybridized carbons (Fsp3) is 0.308. The summed E-state index contributed by atoms with van der Waals surface area (Å²) in [5.41, 5.74) is 1.29. The van der Waals surface area contributed by atoms with E-state index in [0.29, 0.717) is 23.7 Å². The summed E-state index contributed by atoms with van der Waals surface area (Å²) < 4.78 is 15.2. The van der Waals surface area contributed by atoms with E-state index in [1.54, 1.807) is 18.2 Å². The average molecular weight is 236 g/mol. The first kappa shape index (κ1) is 13.1. The summed E-state index contributed by atoms with van der Waals surface area (Å²) in [4.78, 5) is 11.4. The summed E-state index contributed by atoms with van der Waals surface area (Å²) in [5, 5.41) is 0. The van der Waals surface area contributed by atoms with Crippen molar-refractivity contribution in [1.29, 1.82) is 0 Å². The maximum Gasteiger partial charge on any atom is 0.338 e. The summed E-state index contributed by atoms with van der Waals surface area (Å²) in [6.45, 7) is 6.00. The maximum atomic E-state index is 11.4. The van der Waals surface area contributed by atoms with E-state index >= 15 is 0 Å². The minimum Gasteiger partial charge on any atom is -0.497 e. The highest BCUT2D eigenvalue weighted by Gasteiger charge is 2.10. The molecule has 0 saturated heterocycles. The second-order valence-electron chi connectivity index (χ2n) is 3.63. The molecule has 4 nitrogen and oxygen atoms in total. The minimum atomic E-state index is -0.427. The highest BCUT2D eigenvalue weighted by molar-refractivity contribution is 5.90. The molecule has 0 amide bonds. The van der Waals surface area contributed by atoms with Gasteiger partial charge >= 0.3 is 5.97 Å². The van der Waals surface area contributed by atoms with Crippen LogP contribution in [0.15, 0.2) is 30.4 Å². The van der Waals surface area contributed by atoms with E-state index in [4.69, 9.17) is 9.47 Å². The number of carbonyl (C=O) groups is 1. The first-order valence-electron chi connectivity index (χ1n) is 5.11. The van der Waals surface area contributed by atoms with Crippen LogP contribution in [0.1, 0.15) is 17.3 Å². The molecule has 0 radical (unpaired) electrons. The molecule has 0 bridgehead atoms. The SMILES string of the molecule is C=C(C)COc1cc(OC)cc(C(=O)OC)c1. The van der Waals surface area contributed by atoms with Gasteiger partial charge in [0.2, 0.25) is 0 Å². The van der Waals surface area contributed by atoms with Crippen LogP contribution in [-0.4, -0.2) is 26.8 Å². The molecule has 17 heavy (non-hydrogen) atoms. The summed E-state index contributed by atoms with van der Waals surface area (Å²) in [7, 11) is 2.86. The van der Waals surface area contributed by atoms with E-state index in [1.807, 2.05) is 6.92 Å². The lowest BCUT2D eigenvalue weighted by atomic mass is 10.2. The molecular weight excluding hydrogens is 220 g/mol. The van der Waals surface area contributed by atoms with Gasteiger partial charge < -0.3 is 14.2 Å². The maximum absolute atomic E-state index is 11.4. The van der Waals surface area contributed by atoms with Crippen LogP contribution in [0.5, 0.6) is 11.5 Å². The Morgan fingerprint density at radius 1 is 1.24 bits per heavy atom. The Morgan fingerprint density at radius 2 is 1.88 bits per heavy atom. The molecule has 0 atom stereocenters. The number of rotatable bonds is 5. The van der Waals surface area contributed by atoms with Crippen molar-refractivity contribution in [2.75, 3.05) is 20.8 Å². The van der Waals surface area contributed by atoms with Gasteiger partial charge in [0.05, 0.1) is 19.8 Å². The largest absolute Gasteiger partial charge is 0.497 e. The molecule has 0 aliphatic rings. The van der Waals surface area contributed by atoms with Crippen molar-refractivity contribution in [2.24, 2.45) is 0 Å². The summed E-state index contributed by atoms with van der Waals surface area (Å²) in [5.74, 6) is 0.668. The number of esters is 1. The molecule has 0 spiro atoms. The Balaban J connectivity index is 2.96. The van der Waals surface area contributed by atoms with Gasteiger partial charge in [-0.2, -0.15) is 0 Å². The Kier molecular flexibility index (Phi) is 4.57. The van der Waals surface area contributed by atoms with Crippen molar-refractivity contribution < 1.29 is 19.0 Å². The zero-order chi connectivity index (χ0) is 12.8. The van der Waals surface area contributed by atoms with E-state index in [0.717, 1.165) is 5.57 Å². The zero-order valence-electron chi connectivity index (χ0n) is 10.3. The minimum absolute atomic E-state index is 0.392. The average Bonchev–Trinajstić information content (AvgIpc) is 2.34. The van der Waals surface area contributed by atoms with Crippen LogP contribution in [-0.2, 0) is 4.74 Å². The van der Waals surface area contributed by atoms with Gasteiger partial charge in [0.25, 0.3) is 0 Å². The molecular formula is C13H16O4. The predicted octanol–water partition coefficient (Wildman–Crippen LogP) is 2.44. The Labute approximate surface area is 101 Å². The van der Waals surface area contributed by atoms with Gasteiger partial charge in [0.1, 0.15) is 18.1 Å². The molecule has 92 valence electrons. The lowest BCUT2D eigenvalue weighted by Crippen LogP contribution is -2.04. The van der Waals surface area contributed by atoms with Crippen molar-refractivity contribution in [3.63, 3.8) is 0 Å². The predicted molar refractivity (Wildman–Crippen MR) is 64.6 cm³/mol. The third-order valence-corrected chi connectivity index (χ3v) is 2.02. The van der Waals surface area contributed by atoms with Gasteiger partial charge in [0.15, 0.2) is 0 Å². The summed E-state index contributed by atoms with van der Waals surface area (Å²) in [6.07, 6.45) is 0. The number of methoxy groups -OCH3 is 2. The normalized spacial score (nSPS) is 9.59. The monoisotopic (exact) mass is 236 g/mol. The Hall–Kier alpha value is -1.97. The Morgan fingerprint density at radius 3 is 2.41 bits per heavy atom. The van der Waals surface area contributed by atoms with Crippen LogP contribution in [0.25, 0.3) is 0 Å². The molecule has 4 heteroatoms. The third-order valence-electron chi connectivity index (χ3n) is 2.02. The molecule has 0 heterocycles. The zero-order valence-corrected chi connectivity index (χ0v) is 10.3. The first-order valence-corrected chi connectivity index (χ1v) is 5.11. The van der Waals surface area contributed by atoms with Gasteiger partial charge in [-0.05, 0) is 24.6 Å².